The number of rotatable bonds is 9. The van der Waals surface area contributed by atoms with Crippen LogP contribution < -0.4 is 5.73 Å². The molecule has 5 heteroatoms. The molecule has 0 aromatic rings. The second-order valence-electron chi connectivity index (χ2n) is 4.97. The van der Waals surface area contributed by atoms with Crippen molar-refractivity contribution in [3.8, 4) is 0 Å². The summed E-state index contributed by atoms with van der Waals surface area (Å²) in [5.41, 5.74) is 5.52. The molecule has 2 N–H and O–H groups in total. The van der Waals surface area contributed by atoms with Crippen LogP contribution in [0.1, 0.15) is 46.5 Å². The summed E-state index contributed by atoms with van der Waals surface area (Å²) in [6.07, 6.45) is 2.46. The summed E-state index contributed by atoms with van der Waals surface area (Å²) in [7, 11) is 1.74. The molecule has 0 radical (unpaired) electrons. The normalized spacial score (nSPS) is 12.1. The molecule has 1 atom stereocenters. The highest BCUT2D eigenvalue weighted by Crippen LogP contribution is 2.05. The summed E-state index contributed by atoms with van der Waals surface area (Å²) in [6, 6.07) is 0.0185. The summed E-state index contributed by atoms with van der Waals surface area (Å²) < 4.78 is 0. The maximum Gasteiger partial charge on any atom is 0.223 e. The Bertz CT molecular complexity index is 276. The van der Waals surface area contributed by atoms with Gasteiger partial charge in [-0.25, -0.2) is 0 Å². The average Bonchev–Trinajstić information content (AvgIpc) is 2.42. The minimum Gasteiger partial charge on any atom is -0.343 e. The smallest absolute Gasteiger partial charge is 0.223 e. The molecule has 2 amide bonds. The minimum atomic E-state index is -0.0146. The fourth-order valence-corrected chi connectivity index (χ4v) is 1.85. The van der Waals surface area contributed by atoms with Crippen molar-refractivity contribution in [2.75, 3.05) is 26.7 Å². The summed E-state index contributed by atoms with van der Waals surface area (Å²) in [4.78, 5) is 27.4. The number of hydrogen-bond acceptors (Lipinski definition) is 3. The van der Waals surface area contributed by atoms with Crippen molar-refractivity contribution in [1.29, 1.82) is 0 Å². The Balaban J connectivity index is 4.22. The Labute approximate surface area is 117 Å². The van der Waals surface area contributed by atoms with Crippen molar-refractivity contribution in [3.63, 3.8) is 0 Å². The summed E-state index contributed by atoms with van der Waals surface area (Å²) in [5.74, 6) is 0.0603. The summed E-state index contributed by atoms with van der Waals surface area (Å²) >= 11 is 0. The molecule has 19 heavy (non-hydrogen) atoms. The van der Waals surface area contributed by atoms with E-state index >= 15 is 0 Å². The van der Waals surface area contributed by atoms with Crippen LogP contribution in [0.25, 0.3) is 0 Å². The van der Waals surface area contributed by atoms with Crippen LogP contribution >= 0.6 is 0 Å². The Morgan fingerprint density at radius 3 is 1.95 bits per heavy atom. The van der Waals surface area contributed by atoms with Crippen molar-refractivity contribution >= 4 is 11.8 Å². The summed E-state index contributed by atoms with van der Waals surface area (Å²) in [5, 5.41) is 0. The summed E-state index contributed by atoms with van der Waals surface area (Å²) in [6.45, 7) is 8.00. The largest absolute Gasteiger partial charge is 0.343 e. The van der Waals surface area contributed by atoms with Crippen LogP contribution in [0.3, 0.4) is 0 Å². The van der Waals surface area contributed by atoms with Gasteiger partial charge in [0.05, 0.1) is 0 Å². The molecular weight excluding hydrogens is 242 g/mol. The Kier molecular flexibility index (Phi) is 9.21. The molecular formula is C14H29N3O2. The lowest BCUT2D eigenvalue weighted by molar-refractivity contribution is -0.137. The van der Waals surface area contributed by atoms with E-state index in [2.05, 4.69) is 13.8 Å². The Hall–Kier alpha value is -1.10. The van der Waals surface area contributed by atoms with Gasteiger partial charge in [0.25, 0.3) is 0 Å². The zero-order valence-corrected chi connectivity index (χ0v) is 12.8. The number of nitrogens with zero attached hydrogens (tertiary/aromatic N) is 2. The molecule has 0 aromatic carbocycles. The first-order valence-corrected chi connectivity index (χ1v) is 7.21. The fourth-order valence-electron chi connectivity index (χ4n) is 1.85. The predicted molar refractivity (Wildman–Crippen MR) is 77.7 cm³/mol. The molecule has 0 bridgehead atoms. The highest BCUT2D eigenvalue weighted by atomic mass is 16.2. The molecule has 0 spiro atoms. The van der Waals surface area contributed by atoms with Crippen molar-refractivity contribution in [2.24, 2.45) is 5.73 Å². The SMILES string of the molecule is CCCN(CCC)C(=O)CCC(=O)N(C)C(C)CN. The predicted octanol–water partition coefficient (Wildman–Crippen LogP) is 1.22. The highest BCUT2D eigenvalue weighted by molar-refractivity contribution is 5.83. The third kappa shape index (κ3) is 6.57. The molecule has 1 unspecified atom stereocenters. The zero-order valence-electron chi connectivity index (χ0n) is 12.8. The molecule has 0 heterocycles. The standard InChI is InChI=1S/C14H29N3O2/c1-5-9-17(10-6-2)14(19)8-7-13(18)16(4)12(3)11-15/h12H,5-11,15H2,1-4H3. The minimum absolute atomic E-state index is 0.0146. The van der Waals surface area contributed by atoms with E-state index in [-0.39, 0.29) is 24.3 Å². The van der Waals surface area contributed by atoms with E-state index in [9.17, 15) is 9.59 Å². The van der Waals surface area contributed by atoms with Gasteiger partial charge in [-0.15, -0.1) is 0 Å². The molecule has 0 saturated heterocycles. The van der Waals surface area contributed by atoms with E-state index in [4.69, 9.17) is 5.73 Å². The number of carbonyl (C=O) groups is 2. The van der Waals surface area contributed by atoms with E-state index in [1.54, 1.807) is 11.9 Å². The lowest BCUT2D eigenvalue weighted by Gasteiger charge is -2.25. The molecule has 0 fully saturated rings. The second kappa shape index (κ2) is 9.78. The number of likely N-dealkylation sites (N-methyl/N-ethyl adjacent to an activating group) is 1. The zero-order chi connectivity index (χ0) is 14.8. The van der Waals surface area contributed by atoms with E-state index in [0.29, 0.717) is 13.0 Å². The van der Waals surface area contributed by atoms with Crippen molar-refractivity contribution < 1.29 is 9.59 Å². The average molecular weight is 271 g/mol. The van der Waals surface area contributed by atoms with Gasteiger partial charge < -0.3 is 15.5 Å². The quantitative estimate of drug-likeness (QED) is 0.685. The third-order valence-electron chi connectivity index (χ3n) is 3.29. The van der Waals surface area contributed by atoms with Crippen LogP contribution in [0.5, 0.6) is 0 Å². The van der Waals surface area contributed by atoms with E-state index < -0.39 is 0 Å². The number of amides is 2. The first-order valence-electron chi connectivity index (χ1n) is 7.21. The molecule has 0 aliphatic heterocycles. The van der Waals surface area contributed by atoms with Gasteiger partial charge in [-0.05, 0) is 19.8 Å². The van der Waals surface area contributed by atoms with Crippen LogP contribution in [0.2, 0.25) is 0 Å². The fraction of sp³-hybridized carbons (Fsp3) is 0.857. The lowest BCUT2D eigenvalue weighted by Crippen LogP contribution is -2.40. The van der Waals surface area contributed by atoms with Crippen molar-refractivity contribution in [2.45, 2.75) is 52.5 Å². The van der Waals surface area contributed by atoms with Gasteiger partial charge in [0.15, 0.2) is 0 Å². The molecule has 112 valence electrons. The van der Waals surface area contributed by atoms with Gasteiger partial charge in [-0.2, -0.15) is 0 Å². The monoisotopic (exact) mass is 271 g/mol. The van der Waals surface area contributed by atoms with Crippen LogP contribution in [0.4, 0.5) is 0 Å². The van der Waals surface area contributed by atoms with Gasteiger partial charge in [0, 0.05) is 45.6 Å². The van der Waals surface area contributed by atoms with Gasteiger partial charge in [-0.1, -0.05) is 13.8 Å². The van der Waals surface area contributed by atoms with Gasteiger partial charge in [-0.3, -0.25) is 9.59 Å². The van der Waals surface area contributed by atoms with E-state index in [1.165, 1.54) is 0 Å². The molecule has 0 rings (SSSR count). The Morgan fingerprint density at radius 1 is 1.05 bits per heavy atom. The maximum absolute atomic E-state index is 12.0. The van der Waals surface area contributed by atoms with Crippen LogP contribution in [-0.2, 0) is 9.59 Å². The van der Waals surface area contributed by atoms with E-state index in [1.807, 2.05) is 11.8 Å². The maximum atomic E-state index is 12.0. The van der Waals surface area contributed by atoms with Crippen LogP contribution in [-0.4, -0.2) is 54.3 Å². The van der Waals surface area contributed by atoms with Gasteiger partial charge >= 0.3 is 0 Å². The van der Waals surface area contributed by atoms with Crippen LogP contribution in [0.15, 0.2) is 0 Å². The van der Waals surface area contributed by atoms with Crippen molar-refractivity contribution in [3.05, 3.63) is 0 Å². The van der Waals surface area contributed by atoms with Gasteiger partial charge in [0.2, 0.25) is 11.8 Å². The first-order chi connectivity index (χ1) is 8.97. The van der Waals surface area contributed by atoms with E-state index in [0.717, 1.165) is 25.9 Å². The first kappa shape index (κ1) is 17.9. The van der Waals surface area contributed by atoms with Crippen molar-refractivity contribution in [1.82, 2.24) is 9.80 Å². The number of hydrogen-bond donors (Lipinski definition) is 1. The number of carbonyl (C=O) groups excluding carboxylic acids is 2. The second-order valence-corrected chi connectivity index (χ2v) is 4.97. The van der Waals surface area contributed by atoms with Gasteiger partial charge in [0.1, 0.15) is 0 Å². The molecule has 0 aliphatic rings. The lowest BCUT2D eigenvalue weighted by atomic mass is 10.2. The molecule has 0 saturated carbocycles. The topological polar surface area (TPSA) is 66.6 Å². The third-order valence-corrected chi connectivity index (χ3v) is 3.29. The number of nitrogens with two attached hydrogens (primary N) is 1. The molecule has 0 aromatic heterocycles. The molecule has 0 aliphatic carbocycles. The van der Waals surface area contributed by atoms with Crippen LogP contribution in [0, 0.1) is 0 Å². The Morgan fingerprint density at radius 2 is 1.53 bits per heavy atom. The molecule has 5 nitrogen and oxygen atoms in total. The highest BCUT2D eigenvalue weighted by Gasteiger charge is 2.17.